The minimum atomic E-state index is -0.332. The highest BCUT2D eigenvalue weighted by Gasteiger charge is 2.39. The van der Waals surface area contributed by atoms with E-state index in [1.165, 1.54) is 0 Å². The Morgan fingerprint density at radius 2 is 2.00 bits per heavy atom. The summed E-state index contributed by atoms with van der Waals surface area (Å²) in [6.07, 6.45) is 2.97. The first-order valence-electron chi connectivity index (χ1n) is 8.04. The number of hydrogen-bond acceptors (Lipinski definition) is 4. The first-order valence-corrected chi connectivity index (χ1v) is 8.04. The van der Waals surface area contributed by atoms with E-state index in [-0.39, 0.29) is 11.6 Å². The molecule has 1 fully saturated rings. The predicted octanol–water partition coefficient (Wildman–Crippen LogP) is 2.96. The number of benzene rings is 2. The lowest BCUT2D eigenvalue weighted by atomic mass is 9.89. The van der Waals surface area contributed by atoms with Crippen molar-refractivity contribution in [1.29, 1.82) is 0 Å². The molecule has 2 aliphatic rings. The van der Waals surface area contributed by atoms with Gasteiger partial charge >= 0.3 is 5.97 Å². The monoisotopic (exact) mass is 309 g/mol. The minimum Gasteiger partial charge on any atom is -0.486 e. The summed E-state index contributed by atoms with van der Waals surface area (Å²) in [5.41, 5.74) is 1.60. The number of carbonyl (C=O) groups is 1. The highest BCUT2D eigenvalue weighted by Crippen LogP contribution is 2.37. The van der Waals surface area contributed by atoms with E-state index < -0.39 is 0 Å². The number of carbonyl (C=O) groups excluding carboxylic acids is 1. The van der Waals surface area contributed by atoms with Crippen LogP contribution >= 0.6 is 0 Å². The topological polar surface area (TPSA) is 47.6 Å². The van der Waals surface area contributed by atoms with Crippen molar-refractivity contribution in [2.75, 3.05) is 13.1 Å². The van der Waals surface area contributed by atoms with Crippen LogP contribution in [0.15, 0.2) is 48.5 Å². The zero-order valence-electron chi connectivity index (χ0n) is 12.9. The van der Waals surface area contributed by atoms with E-state index in [0.29, 0.717) is 11.3 Å². The fourth-order valence-corrected chi connectivity index (χ4v) is 3.32. The number of hydrogen-bond donors (Lipinski definition) is 1. The molecular formula is C19H19NO3. The van der Waals surface area contributed by atoms with Gasteiger partial charge in [-0.2, -0.15) is 0 Å². The maximum atomic E-state index is 12.3. The molecule has 0 amide bonds. The second-order valence-corrected chi connectivity index (χ2v) is 6.24. The van der Waals surface area contributed by atoms with Crippen LogP contribution in [0, 0.1) is 0 Å². The molecule has 4 nitrogen and oxygen atoms in total. The van der Waals surface area contributed by atoms with E-state index in [1.54, 1.807) is 18.2 Å². The number of rotatable bonds is 2. The molecule has 0 bridgehead atoms. The van der Waals surface area contributed by atoms with Crippen molar-refractivity contribution in [3.63, 3.8) is 0 Å². The molecule has 1 spiro atoms. The number of fused-ring (bicyclic) bond motifs is 1. The molecule has 2 aromatic rings. The zero-order chi connectivity index (χ0) is 15.7. The molecule has 0 saturated carbocycles. The summed E-state index contributed by atoms with van der Waals surface area (Å²) in [5, 5.41) is 3.37. The number of aryl methyl sites for hydroxylation is 1. The summed E-state index contributed by atoms with van der Waals surface area (Å²) in [5.74, 6) is 1.13. The third kappa shape index (κ3) is 2.82. The van der Waals surface area contributed by atoms with Crippen molar-refractivity contribution in [1.82, 2.24) is 5.32 Å². The molecule has 1 N–H and O–H groups in total. The van der Waals surface area contributed by atoms with Gasteiger partial charge in [0.15, 0.2) is 0 Å². The van der Waals surface area contributed by atoms with E-state index in [4.69, 9.17) is 9.47 Å². The van der Waals surface area contributed by atoms with Gasteiger partial charge in [0.25, 0.3) is 0 Å². The lowest BCUT2D eigenvalue weighted by Gasteiger charge is -2.35. The van der Waals surface area contributed by atoms with Crippen LogP contribution in [-0.2, 0) is 6.42 Å². The molecule has 1 atom stereocenters. The van der Waals surface area contributed by atoms with Crippen molar-refractivity contribution >= 4 is 5.97 Å². The van der Waals surface area contributed by atoms with Crippen molar-refractivity contribution < 1.29 is 14.3 Å². The zero-order valence-corrected chi connectivity index (χ0v) is 12.9. The summed E-state index contributed by atoms with van der Waals surface area (Å²) in [4.78, 5) is 12.3. The van der Waals surface area contributed by atoms with Gasteiger partial charge in [0.2, 0.25) is 0 Å². The minimum absolute atomic E-state index is 0.0565. The SMILES string of the molecule is O=C(Oc1ccccc1)c1ccc2c(c1)CCC1(CCNC1)O2. The summed E-state index contributed by atoms with van der Waals surface area (Å²) < 4.78 is 11.6. The summed E-state index contributed by atoms with van der Waals surface area (Å²) in [6, 6.07) is 14.7. The number of nitrogens with one attached hydrogen (secondary N) is 1. The van der Waals surface area contributed by atoms with Crippen molar-refractivity contribution in [2.45, 2.75) is 24.9 Å². The van der Waals surface area contributed by atoms with Gasteiger partial charge in [0.05, 0.1) is 5.56 Å². The van der Waals surface area contributed by atoms with Crippen LogP contribution < -0.4 is 14.8 Å². The third-order valence-electron chi connectivity index (χ3n) is 4.63. The third-order valence-corrected chi connectivity index (χ3v) is 4.63. The first kappa shape index (κ1) is 14.3. The molecule has 1 saturated heterocycles. The van der Waals surface area contributed by atoms with Crippen LogP contribution in [0.25, 0.3) is 0 Å². The van der Waals surface area contributed by atoms with Gasteiger partial charge in [-0.15, -0.1) is 0 Å². The lowest BCUT2D eigenvalue weighted by molar-refractivity contribution is 0.0661. The van der Waals surface area contributed by atoms with E-state index in [0.717, 1.165) is 43.7 Å². The van der Waals surface area contributed by atoms with Crippen molar-refractivity contribution in [2.24, 2.45) is 0 Å². The van der Waals surface area contributed by atoms with E-state index in [1.807, 2.05) is 30.3 Å². The predicted molar refractivity (Wildman–Crippen MR) is 87.0 cm³/mol. The molecule has 0 aromatic heterocycles. The van der Waals surface area contributed by atoms with Crippen molar-refractivity contribution in [3.05, 3.63) is 59.7 Å². The second-order valence-electron chi connectivity index (χ2n) is 6.24. The average molecular weight is 309 g/mol. The Bertz CT molecular complexity index is 721. The van der Waals surface area contributed by atoms with Gasteiger partial charge in [-0.05, 0) is 55.3 Å². The molecule has 2 aliphatic heterocycles. The number of para-hydroxylation sites is 1. The molecule has 118 valence electrons. The fourth-order valence-electron chi connectivity index (χ4n) is 3.32. The van der Waals surface area contributed by atoms with E-state index in [9.17, 15) is 4.79 Å². The smallest absolute Gasteiger partial charge is 0.343 e. The summed E-state index contributed by atoms with van der Waals surface area (Å²) >= 11 is 0. The Kier molecular flexibility index (Phi) is 3.54. The Balaban J connectivity index is 1.53. The van der Waals surface area contributed by atoms with Crippen molar-refractivity contribution in [3.8, 4) is 11.5 Å². The fraction of sp³-hybridized carbons (Fsp3) is 0.316. The highest BCUT2D eigenvalue weighted by atomic mass is 16.5. The molecule has 4 rings (SSSR count). The van der Waals surface area contributed by atoms with Gasteiger partial charge in [0.1, 0.15) is 17.1 Å². The van der Waals surface area contributed by atoms with Crippen LogP contribution in [-0.4, -0.2) is 24.7 Å². The molecule has 1 unspecified atom stereocenters. The molecule has 2 heterocycles. The molecule has 0 radical (unpaired) electrons. The molecule has 0 aliphatic carbocycles. The van der Waals surface area contributed by atoms with Gasteiger partial charge in [-0.25, -0.2) is 4.79 Å². The number of ether oxygens (including phenoxy) is 2. The molecule has 4 heteroatoms. The van der Waals surface area contributed by atoms with Crippen LogP contribution in [0.4, 0.5) is 0 Å². The highest BCUT2D eigenvalue weighted by molar-refractivity contribution is 5.91. The molecular weight excluding hydrogens is 290 g/mol. The maximum absolute atomic E-state index is 12.3. The Hall–Kier alpha value is -2.33. The van der Waals surface area contributed by atoms with E-state index >= 15 is 0 Å². The standard InChI is InChI=1S/C19H19NO3/c21-18(22-16-4-2-1-3-5-16)15-6-7-17-14(12-15)8-9-19(23-17)10-11-20-13-19/h1-7,12,20H,8-11,13H2. The molecule has 2 aromatic carbocycles. The summed E-state index contributed by atoms with van der Waals surface area (Å²) in [7, 11) is 0. The Labute approximate surface area is 135 Å². The normalized spacial score (nSPS) is 22.4. The first-order chi connectivity index (χ1) is 11.2. The largest absolute Gasteiger partial charge is 0.486 e. The number of esters is 1. The maximum Gasteiger partial charge on any atom is 0.343 e. The summed E-state index contributed by atoms with van der Waals surface area (Å²) in [6.45, 7) is 1.92. The molecule has 23 heavy (non-hydrogen) atoms. The average Bonchev–Trinajstić information content (AvgIpc) is 3.03. The quantitative estimate of drug-likeness (QED) is 0.684. The van der Waals surface area contributed by atoms with Gasteiger partial charge < -0.3 is 14.8 Å². The van der Waals surface area contributed by atoms with Gasteiger partial charge in [-0.3, -0.25) is 0 Å². The Morgan fingerprint density at radius 1 is 1.13 bits per heavy atom. The lowest BCUT2D eigenvalue weighted by Crippen LogP contribution is -2.41. The van der Waals surface area contributed by atoms with Gasteiger partial charge in [0, 0.05) is 13.0 Å². The van der Waals surface area contributed by atoms with Crippen LogP contribution in [0.1, 0.15) is 28.8 Å². The Morgan fingerprint density at radius 3 is 2.78 bits per heavy atom. The van der Waals surface area contributed by atoms with Crippen LogP contribution in [0.2, 0.25) is 0 Å². The second kappa shape index (κ2) is 5.70. The van der Waals surface area contributed by atoms with Crippen LogP contribution in [0.3, 0.4) is 0 Å². The van der Waals surface area contributed by atoms with E-state index in [2.05, 4.69) is 5.32 Å². The van der Waals surface area contributed by atoms with Crippen LogP contribution in [0.5, 0.6) is 11.5 Å². The van der Waals surface area contributed by atoms with Gasteiger partial charge in [-0.1, -0.05) is 18.2 Å².